The molecule has 5 aromatic rings. The quantitative estimate of drug-likeness (QED) is 0.208. The Kier molecular flexibility index (Phi) is 7.32. The highest BCUT2D eigenvalue weighted by Crippen LogP contribution is 2.44. The standard InChI is InChI=1S/C34H30ClN3O4S/c1-18-14-25-31(29(19-6-9-23(35)10-7-19)28(18)30(33(40)41)42-34(2,3)4)43-32(37-25)21-12-13-36-24(16-21)20-8-11-26-22(15-20)17-27(39)38(26)5/h6-16,30H,17H2,1-5H3,(H,40,41). The van der Waals surface area contributed by atoms with Crippen molar-refractivity contribution in [3.05, 3.63) is 88.6 Å². The fourth-order valence-corrected chi connectivity index (χ4v) is 6.76. The number of carbonyl (C=O) groups excluding carboxylic acids is 1. The number of carboxylic acids is 1. The second kappa shape index (κ2) is 10.9. The number of benzene rings is 3. The molecule has 7 nitrogen and oxygen atoms in total. The molecule has 0 radical (unpaired) electrons. The van der Waals surface area contributed by atoms with Crippen molar-refractivity contribution in [1.29, 1.82) is 0 Å². The number of hydrogen-bond acceptors (Lipinski definition) is 6. The summed E-state index contributed by atoms with van der Waals surface area (Å²) in [7, 11) is 1.79. The Morgan fingerprint density at radius 1 is 1.05 bits per heavy atom. The molecular weight excluding hydrogens is 582 g/mol. The van der Waals surface area contributed by atoms with Gasteiger partial charge in [-0.05, 0) is 86.8 Å². The molecule has 0 saturated carbocycles. The van der Waals surface area contributed by atoms with Crippen LogP contribution in [0.1, 0.15) is 43.6 Å². The van der Waals surface area contributed by atoms with E-state index in [0.717, 1.165) is 60.0 Å². The number of amides is 1. The smallest absolute Gasteiger partial charge is 0.337 e. The summed E-state index contributed by atoms with van der Waals surface area (Å²) in [4.78, 5) is 36.1. The van der Waals surface area contributed by atoms with Crippen molar-refractivity contribution >= 4 is 50.7 Å². The minimum Gasteiger partial charge on any atom is -0.479 e. The van der Waals surface area contributed by atoms with Gasteiger partial charge in [-0.1, -0.05) is 29.8 Å². The maximum absolute atomic E-state index is 12.6. The number of likely N-dealkylation sites (N-methyl/N-ethyl adjacent to an activating group) is 1. The van der Waals surface area contributed by atoms with Crippen LogP contribution in [0, 0.1) is 6.92 Å². The summed E-state index contributed by atoms with van der Waals surface area (Å²) in [6.45, 7) is 7.45. The highest BCUT2D eigenvalue weighted by atomic mass is 35.5. The Bertz CT molecular complexity index is 1910. The normalized spacial score (nSPS) is 13.9. The number of rotatable bonds is 6. The maximum atomic E-state index is 12.6. The molecule has 1 N–H and O–H groups in total. The number of fused-ring (bicyclic) bond motifs is 2. The summed E-state index contributed by atoms with van der Waals surface area (Å²) < 4.78 is 6.99. The predicted molar refractivity (Wildman–Crippen MR) is 172 cm³/mol. The van der Waals surface area contributed by atoms with Crippen molar-refractivity contribution < 1.29 is 19.4 Å². The van der Waals surface area contributed by atoms with Gasteiger partial charge in [0.1, 0.15) is 5.01 Å². The first kappa shape index (κ1) is 29.0. The zero-order valence-corrected chi connectivity index (χ0v) is 26.0. The van der Waals surface area contributed by atoms with Gasteiger partial charge in [0.05, 0.1) is 27.9 Å². The van der Waals surface area contributed by atoms with Gasteiger partial charge in [0.25, 0.3) is 0 Å². The van der Waals surface area contributed by atoms with E-state index in [0.29, 0.717) is 17.0 Å². The number of thiazole rings is 1. The Morgan fingerprint density at radius 3 is 2.47 bits per heavy atom. The number of anilines is 1. The number of ether oxygens (including phenoxy) is 1. The molecule has 218 valence electrons. The summed E-state index contributed by atoms with van der Waals surface area (Å²) in [6, 6.07) is 19.2. The zero-order chi connectivity index (χ0) is 30.6. The molecule has 9 heteroatoms. The highest BCUT2D eigenvalue weighted by molar-refractivity contribution is 7.22. The van der Waals surface area contributed by atoms with Gasteiger partial charge in [-0.3, -0.25) is 9.78 Å². The minimum absolute atomic E-state index is 0.0764. The number of pyridine rings is 1. The van der Waals surface area contributed by atoms with E-state index in [2.05, 4.69) is 4.98 Å². The van der Waals surface area contributed by atoms with Crippen molar-refractivity contribution in [2.24, 2.45) is 0 Å². The third-order valence-electron chi connectivity index (χ3n) is 7.48. The molecule has 43 heavy (non-hydrogen) atoms. The summed E-state index contributed by atoms with van der Waals surface area (Å²) in [5.74, 6) is -0.981. The Labute approximate surface area is 258 Å². The van der Waals surface area contributed by atoms with Crippen LogP contribution in [0.25, 0.3) is 43.2 Å². The van der Waals surface area contributed by atoms with Crippen LogP contribution < -0.4 is 4.90 Å². The van der Waals surface area contributed by atoms with Gasteiger partial charge in [-0.25, -0.2) is 9.78 Å². The lowest BCUT2D eigenvalue weighted by molar-refractivity contribution is -0.160. The number of aryl methyl sites for hydroxylation is 1. The molecule has 6 rings (SSSR count). The van der Waals surface area contributed by atoms with Crippen molar-refractivity contribution in [2.75, 3.05) is 11.9 Å². The van der Waals surface area contributed by atoms with Crippen LogP contribution in [0.5, 0.6) is 0 Å². The third kappa shape index (κ3) is 5.54. The van der Waals surface area contributed by atoms with Gasteiger partial charge in [0.2, 0.25) is 5.91 Å². The first-order valence-electron chi connectivity index (χ1n) is 13.9. The van der Waals surface area contributed by atoms with Crippen LogP contribution in [0.2, 0.25) is 5.02 Å². The molecule has 0 spiro atoms. The van der Waals surface area contributed by atoms with E-state index in [9.17, 15) is 14.7 Å². The molecule has 3 aromatic carbocycles. The summed E-state index contributed by atoms with van der Waals surface area (Å²) in [6.07, 6.45) is 0.956. The predicted octanol–water partition coefficient (Wildman–Crippen LogP) is 8.11. The molecule has 1 amide bonds. The molecule has 1 aliphatic heterocycles. The van der Waals surface area contributed by atoms with Crippen LogP contribution in [-0.2, 0) is 20.7 Å². The van der Waals surface area contributed by atoms with Crippen LogP contribution in [0.3, 0.4) is 0 Å². The number of carbonyl (C=O) groups is 2. The lowest BCUT2D eigenvalue weighted by Gasteiger charge is -2.28. The molecular formula is C34H30ClN3O4S. The van der Waals surface area contributed by atoms with Gasteiger partial charge >= 0.3 is 5.97 Å². The van der Waals surface area contributed by atoms with Gasteiger partial charge < -0.3 is 14.7 Å². The van der Waals surface area contributed by atoms with Crippen molar-refractivity contribution in [1.82, 2.24) is 9.97 Å². The SMILES string of the molecule is Cc1cc2nc(-c3ccnc(-c4ccc5c(c4)CC(=O)N5C)c3)sc2c(-c2ccc(Cl)cc2)c1C(OC(C)(C)C)C(=O)O. The number of nitrogens with zero attached hydrogens (tertiary/aromatic N) is 3. The lowest BCUT2D eigenvalue weighted by Crippen LogP contribution is -2.28. The largest absolute Gasteiger partial charge is 0.479 e. The highest BCUT2D eigenvalue weighted by Gasteiger charge is 2.32. The van der Waals surface area contributed by atoms with Crippen molar-refractivity contribution in [3.63, 3.8) is 0 Å². The number of hydrogen-bond donors (Lipinski definition) is 1. The Balaban J connectivity index is 1.50. The molecule has 1 aliphatic rings. The Hall–Kier alpha value is -4.11. The molecule has 1 unspecified atom stereocenters. The summed E-state index contributed by atoms with van der Waals surface area (Å²) >= 11 is 7.73. The van der Waals surface area contributed by atoms with E-state index in [1.54, 1.807) is 30.3 Å². The number of aliphatic carboxylic acids is 1. The average Bonchev–Trinajstić information content (AvgIpc) is 3.51. The van der Waals surface area contributed by atoms with E-state index in [4.69, 9.17) is 21.3 Å². The molecule has 1 atom stereocenters. The zero-order valence-electron chi connectivity index (χ0n) is 24.4. The molecule has 0 fully saturated rings. The monoisotopic (exact) mass is 611 g/mol. The molecule has 3 heterocycles. The van der Waals surface area contributed by atoms with Gasteiger partial charge in [-0.2, -0.15) is 0 Å². The topological polar surface area (TPSA) is 92.6 Å². The Morgan fingerprint density at radius 2 is 1.77 bits per heavy atom. The fraction of sp³-hybridized carbons (Fsp3) is 0.235. The summed E-state index contributed by atoms with van der Waals surface area (Å²) in [5.41, 5.74) is 7.56. The van der Waals surface area contributed by atoms with Gasteiger partial charge in [-0.15, -0.1) is 11.3 Å². The van der Waals surface area contributed by atoms with Crippen LogP contribution in [0.4, 0.5) is 5.69 Å². The second-order valence-corrected chi connectivity index (χ2v) is 13.1. The van der Waals surface area contributed by atoms with Crippen molar-refractivity contribution in [2.45, 2.75) is 45.8 Å². The van der Waals surface area contributed by atoms with E-state index in [1.807, 2.05) is 76.2 Å². The fourth-order valence-electron chi connectivity index (χ4n) is 5.51. The van der Waals surface area contributed by atoms with Gasteiger partial charge in [0, 0.05) is 46.2 Å². The lowest BCUT2D eigenvalue weighted by atomic mass is 9.91. The van der Waals surface area contributed by atoms with E-state index in [-0.39, 0.29) is 5.91 Å². The molecule has 0 aliphatic carbocycles. The van der Waals surface area contributed by atoms with E-state index < -0.39 is 17.7 Å². The number of halogens is 1. The minimum atomic E-state index is -1.18. The first-order chi connectivity index (χ1) is 20.4. The molecule has 2 aromatic heterocycles. The van der Waals surface area contributed by atoms with Crippen LogP contribution >= 0.6 is 22.9 Å². The number of carboxylic acid groups (broad SMARTS) is 1. The van der Waals surface area contributed by atoms with Crippen molar-refractivity contribution in [3.8, 4) is 33.0 Å². The molecule has 0 bridgehead atoms. The van der Waals surface area contributed by atoms with Crippen LogP contribution in [0.15, 0.2) is 66.9 Å². The average molecular weight is 612 g/mol. The van der Waals surface area contributed by atoms with Gasteiger partial charge in [0.15, 0.2) is 6.10 Å². The van der Waals surface area contributed by atoms with E-state index >= 15 is 0 Å². The molecule has 0 saturated heterocycles. The van der Waals surface area contributed by atoms with Crippen LogP contribution in [-0.4, -0.2) is 39.6 Å². The van der Waals surface area contributed by atoms with E-state index in [1.165, 1.54) is 11.3 Å². The third-order valence-corrected chi connectivity index (χ3v) is 8.87. The summed E-state index contributed by atoms with van der Waals surface area (Å²) in [5, 5.41) is 11.7. The first-order valence-corrected chi connectivity index (χ1v) is 15.1. The maximum Gasteiger partial charge on any atom is 0.337 e. The number of aromatic nitrogens is 2. The second-order valence-electron chi connectivity index (χ2n) is 11.7.